The zero-order chi connectivity index (χ0) is 16.2. The molecule has 0 aliphatic rings. The van der Waals surface area contributed by atoms with Crippen molar-refractivity contribution >= 4 is 57.6 Å². The number of halogens is 2. The lowest BCUT2D eigenvalue weighted by molar-refractivity contribution is -0.113. The minimum absolute atomic E-state index is 0.186. The average Bonchev–Trinajstić information content (AvgIpc) is 2.57. The van der Waals surface area contributed by atoms with Crippen molar-refractivity contribution in [1.29, 1.82) is 0 Å². The Morgan fingerprint density at radius 2 is 1.87 bits per heavy atom. The van der Waals surface area contributed by atoms with Gasteiger partial charge in [-0.25, -0.2) is 4.98 Å². The number of nitrogens with one attached hydrogen (secondary N) is 1. The molecule has 116 valence electrons. The Morgan fingerprint density at radius 3 is 2.70 bits per heavy atom. The van der Waals surface area contributed by atoms with Crippen molar-refractivity contribution in [3.8, 4) is 0 Å². The number of thioether (sulfide) groups is 1. The highest BCUT2D eigenvalue weighted by Gasteiger charge is 2.09. The van der Waals surface area contributed by atoms with Gasteiger partial charge in [-0.05, 0) is 24.3 Å². The number of fused-ring (bicyclic) bond motifs is 1. The third-order valence-corrected chi connectivity index (χ3v) is 4.72. The van der Waals surface area contributed by atoms with Crippen molar-refractivity contribution in [3.63, 3.8) is 0 Å². The number of rotatable bonds is 4. The Hall–Kier alpha value is -1.82. The number of nitrogens with zero attached hydrogens (tertiary/aromatic N) is 2. The minimum Gasteiger partial charge on any atom is -0.324 e. The second-order valence-electron chi connectivity index (χ2n) is 4.64. The van der Waals surface area contributed by atoms with E-state index in [0.29, 0.717) is 20.8 Å². The lowest BCUT2D eigenvalue weighted by Crippen LogP contribution is -2.14. The summed E-state index contributed by atoms with van der Waals surface area (Å²) in [5.41, 5.74) is 2.12. The molecule has 0 radical (unpaired) electrons. The van der Waals surface area contributed by atoms with Crippen molar-refractivity contribution in [3.05, 3.63) is 58.7 Å². The summed E-state index contributed by atoms with van der Waals surface area (Å²) in [7, 11) is 0. The standard InChI is InChI=1S/C16H11Cl2N3OS/c17-10-4-3-7-13(16(10)18)20-14(22)9-23-15-8-19-11-5-1-2-6-12(11)21-15/h1-8H,9H2,(H,20,22). The van der Waals surface area contributed by atoms with Crippen molar-refractivity contribution in [2.75, 3.05) is 11.1 Å². The molecule has 0 unspecified atom stereocenters. The number of aromatic nitrogens is 2. The number of anilines is 1. The molecule has 0 aliphatic heterocycles. The van der Waals surface area contributed by atoms with Gasteiger partial charge in [0.05, 0.1) is 38.7 Å². The Morgan fingerprint density at radius 1 is 1.09 bits per heavy atom. The quantitative estimate of drug-likeness (QED) is 0.684. The number of para-hydroxylation sites is 2. The van der Waals surface area contributed by atoms with Gasteiger partial charge in [-0.15, -0.1) is 0 Å². The molecule has 0 saturated heterocycles. The van der Waals surface area contributed by atoms with E-state index < -0.39 is 0 Å². The predicted molar refractivity (Wildman–Crippen MR) is 95.4 cm³/mol. The molecule has 0 fully saturated rings. The summed E-state index contributed by atoms with van der Waals surface area (Å²) in [6.45, 7) is 0. The van der Waals surface area contributed by atoms with E-state index in [1.54, 1.807) is 24.4 Å². The first-order valence-electron chi connectivity index (χ1n) is 6.72. The summed E-state index contributed by atoms with van der Waals surface area (Å²) < 4.78 is 0. The second kappa shape index (κ2) is 7.17. The highest BCUT2D eigenvalue weighted by molar-refractivity contribution is 7.99. The first-order valence-corrected chi connectivity index (χ1v) is 8.46. The molecule has 4 nitrogen and oxygen atoms in total. The molecule has 7 heteroatoms. The lowest BCUT2D eigenvalue weighted by Gasteiger charge is -2.08. The van der Waals surface area contributed by atoms with Crippen LogP contribution in [-0.2, 0) is 4.79 Å². The lowest BCUT2D eigenvalue weighted by atomic mass is 10.3. The highest BCUT2D eigenvalue weighted by atomic mass is 35.5. The molecule has 0 atom stereocenters. The fourth-order valence-electron chi connectivity index (χ4n) is 1.94. The van der Waals surface area contributed by atoms with Crippen LogP contribution in [0.15, 0.2) is 53.7 Å². The van der Waals surface area contributed by atoms with Crippen LogP contribution in [0.4, 0.5) is 5.69 Å². The van der Waals surface area contributed by atoms with Crippen LogP contribution in [-0.4, -0.2) is 21.6 Å². The molecule has 0 saturated carbocycles. The zero-order valence-electron chi connectivity index (χ0n) is 11.8. The van der Waals surface area contributed by atoms with E-state index in [0.717, 1.165) is 11.0 Å². The predicted octanol–water partition coefficient (Wildman–Crippen LogP) is 4.67. The fraction of sp³-hybridized carbons (Fsp3) is 0.0625. The molecular weight excluding hydrogens is 353 g/mol. The molecule has 1 aromatic heterocycles. The maximum atomic E-state index is 12.0. The number of hydrogen-bond acceptors (Lipinski definition) is 4. The van der Waals surface area contributed by atoms with E-state index in [-0.39, 0.29) is 11.7 Å². The van der Waals surface area contributed by atoms with Crippen LogP contribution >= 0.6 is 35.0 Å². The molecule has 0 spiro atoms. The highest BCUT2D eigenvalue weighted by Crippen LogP contribution is 2.29. The van der Waals surface area contributed by atoms with E-state index >= 15 is 0 Å². The Bertz CT molecular complexity index is 873. The summed E-state index contributed by atoms with van der Waals surface area (Å²) in [4.78, 5) is 20.8. The largest absolute Gasteiger partial charge is 0.324 e. The number of carbonyl (C=O) groups excluding carboxylic acids is 1. The number of benzene rings is 2. The topological polar surface area (TPSA) is 54.9 Å². The maximum Gasteiger partial charge on any atom is 0.234 e. The van der Waals surface area contributed by atoms with Crippen molar-refractivity contribution in [2.24, 2.45) is 0 Å². The molecule has 3 rings (SSSR count). The van der Waals surface area contributed by atoms with Crippen LogP contribution in [0.25, 0.3) is 11.0 Å². The van der Waals surface area contributed by atoms with Crippen LogP contribution in [0.5, 0.6) is 0 Å². The van der Waals surface area contributed by atoms with E-state index in [2.05, 4.69) is 15.3 Å². The van der Waals surface area contributed by atoms with Gasteiger partial charge in [0.2, 0.25) is 5.91 Å². The molecule has 0 bridgehead atoms. The van der Waals surface area contributed by atoms with Gasteiger partial charge in [0, 0.05) is 0 Å². The van der Waals surface area contributed by atoms with Gasteiger partial charge in [-0.3, -0.25) is 9.78 Å². The second-order valence-corrected chi connectivity index (χ2v) is 6.42. The Balaban J connectivity index is 1.65. The van der Waals surface area contributed by atoms with E-state index in [1.807, 2.05) is 24.3 Å². The molecule has 1 heterocycles. The summed E-state index contributed by atoms with van der Waals surface area (Å²) >= 11 is 13.3. The first-order chi connectivity index (χ1) is 11.1. The summed E-state index contributed by atoms with van der Waals surface area (Å²) in [5, 5.41) is 4.16. The summed E-state index contributed by atoms with van der Waals surface area (Å²) in [6.07, 6.45) is 1.66. The molecule has 1 amide bonds. The van der Waals surface area contributed by atoms with E-state index in [1.165, 1.54) is 11.8 Å². The number of amides is 1. The van der Waals surface area contributed by atoms with Crippen molar-refractivity contribution < 1.29 is 4.79 Å². The van der Waals surface area contributed by atoms with Gasteiger partial charge in [0.1, 0.15) is 5.03 Å². The molecule has 2 aromatic carbocycles. The Labute approximate surface area is 147 Å². The van der Waals surface area contributed by atoms with Crippen molar-refractivity contribution in [2.45, 2.75) is 5.03 Å². The number of hydrogen-bond donors (Lipinski definition) is 1. The molecule has 3 aromatic rings. The zero-order valence-corrected chi connectivity index (χ0v) is 14.1. The van der Waals surface area contributed by atoms with E-state index in [9.17, 15) is 4.79 Å². The minimum atomic E-state index is -0.186. The maximum absolute atomic E-state index is 12.0. The van der Waals surface area contributed by atoms with E-state index in [4.69, 9.17) is 23.2 Å². The van der Waals surface area contributed by atoms with Crippen LogP contribution in [0, 0.1) is 0 Å². The first kappa shape index (κ1) is 16.1. The van der Waals surface area contributed by atoms with Crippen LogP contribution in [0.3, 0.4) is 0 Å². The van der Waals surface area contributed by atoms with Crippen LogP contribution < -0.4 is 5.32 Å². The van der Waals surface area contributed by atoms with Gasteiger partial charge >= 0.3 is 0 Å². The normalized spacial score (nSPS) is 10.7. The monoisotopic (exact) mass is 363 g/mol. The van der Waals surface area contributed by atoms with Gasteiger partial charge in [0.15, 0.2) is 0 Å². The molecular formula is C16H11Cl2N3OS. The third-order valence-electron chi connectivity index (χ3n) is 3.00. The SMILES string of the molecule is O=C(CSc1cnc2ccccc2n1)Nc1cccc(Cl)c1Cl. The van der Waals surface area contributed by atoms with Gasteiger partial charge in [-0.2, -0.15) is 0 Å². The van der Waals surface area contributed by atoms with Crippen LogP contribution in [0.2, 0.25) is 10.0 Å². The van der Waals surface area contributed by atoms with Crippen molar-refractivity contribution in [1.82, 2.24) is 9.97 Å². The van der Waals surface area contributed by atoms with Gasteiger partial charge < -0.3 is 5.32 Å². The molecule has 0 aliphatic carbocycles. The number of carbonyl (C=O) groups is 1. The third kappa shape index (κ3) is 3.93. The Kier molecular flexibility index (Phi) is 5.00. The molecule has 23 heavy (non-hydrogen) atoms. The summed E-state index contributed by atoms with van der Waals surface area (Å²) in [5.74, 6) is 0.0182. The smallest absolute Gasteiger partial charge is 0.234 e. The van der Waals surface area contributed by atoms with Gasteiger partial charge in [0.25, 0.3) is 0 Å². The fourth-order valence-corrected chi connectivity index (χ4v) is 2.92. The summed E-state index contributed by atoms with van der Waals surface area (Å²) in [6, 6.07) is 12.7. The van der Waals surface area contributed by atoms with Gasteiger partial charge in [-0.1, -0.05) is 53.2 Å². The molecule has 1 N–H and O–H groups in total. The average molecular weight is 364 g/mol. The van der Waals surface area contributed by atoms with Crippen LogP contribution in [0.1, 0.15) is 0 Å².